The van der Waals surface area contributed by atoms with Crippen molar-refractivity contribution in [3.8, 4) is 11.3 Å². The zero-order chi connectivity index (χ0) is 18.1. The molecule has 0 spiro atoms. The van der Waals surface area contributed by atoms with Gasteiger partial charge < -0.3 is 0 Å². The molecular formula is C21H15ClN2OS. The second kappa shape index (κ2) is 6.90. The van der Waals surface area contributed by atoms with E-state index in [0.717, 1.165) is 21.9 Å². The highest BCUT2D eigenvalue weighted by molar-refractivity contribution is 7.15. The van der Waals surface area contributed by atoms with Crippen LogP contribution in [-0.4, -0.2) is 15.2 Å². The summed E-state index contributed by atoms with van der Waals surface area (Å²) < 4.78 is 2.01. The van der Waals surface area contributed by atoms with Gasteiger partial charge in [-0.05, 0) is 43.3 Å². The monoisotopic (exact) mass is 378 g/mol. The van der Waals surface area contributed by atoms with Gasteiger partial charge in [0.25, 0.3) is 0 Å². The number of thiazole rings is 1. The van der Waals surface area contributed by atoms with Gasteiger partial charge in [0, 0.05) is 27.7 Å². The molecule has 0 atom stereocenters. The summed E-state index contributed by atoms with van der Waals surface area (Å²) in [6.07, 6.45) is 5.39. The quantitative estimate of drug-likeness (QED) is 0.326. The summed E-state index contributed by atoms with van der Waals surface area (Å²) in [7, 11) is 0. The highest BCUT2D eigenvalue weighted by Crippen LogP contribution is 2.28. The third-order valence-corrected chi connectivity index (χ3v) is 5.15. The first-order chi connectivity index (χ1) is 12.6. The van der Waals surface area contributed by atoms with Gasteiger partial charge in [-0.15, -0.1) is 11.3 Å². The van der Waals surface area contributed by atoms with E-state index in [2.05, 4.69) is 31.2 Å². The van der Waals surface area contributed by atoms with Gasteiger partial charge in [0.2, 0.25) is 0 Å². The van der Waals surface area contributed by atoms with Crippen molar-refractivity contribution in [3.05, 3.63) is 88.0 Å². The Labute approximate surface area is 160 Å². The molecule has 0 amide bonds. The highest BCUT2D eigenvalue weighted by atomic mass is 35.5. The molecule has 0 unspecified atom stereocenters. The molecule has 0 N–H and O–H groups in total. The van der Waals surface area contributed by atoms with E-state index in [1.165, 1.54) is 5.56 Å². The summed E-state index contributed by atoms with van der Waals surface area (Å²) in [5.74, 6) is -0.0679. The van der Waals surface area contributed by atoms with Gasteiger partial charge >= 0.3 is 0 Å². The highest BCUT2D eigenvalue weighted by Gasteiger charge is 2.13. The Morgan fingerprint density at radius 1 is 1.12 bits per heavy atom. The van der Waals surface area contributed by atoms with Crippen molar-refractivity contribution in [2.45, 2.75) is 6.92 Å². The minimum absolute atomic E-state index is 0.0679. The van der Waals surface area contributed by atoms with E-state index in [4.69, 9.17) is 16.6 Å². The fourth-order valence-electron chi connectivity index (χ4n) is 2.75. The maximum Gasteiger partial charge on any atom is 0.194 e. The topological polar surface area (TPSA) is 34.4 Å². The van der Waals surface area contributed by atoms with Crippen LogP contribution < -0.4 is 0 Å². The van der Waals surface area contributed by atoms with Gasteiger partial charge in [-0.2, -0.15) is 0 Å². The number of allylic oxidation sites excluding steroid dienone is 1. The van der Waals surface area contributed by atoms with Crippen molar-refractivity contribution in [1.82, 2.24) is 9.38 Å². The number of aryl methyl sites for hydroxylation is 1. The van der Waals surface area contributed by atoms with Gasteiger partial charge in [0.05, 0.1) is 11.4 Å². The minimum Gasteiger partial charge on any atom is -0.290 e. The molecule has 2 aromatic carbocycles. The molecule has 0 radical (unpaired) electrons. The summed E-state index contributed by atoms with van der Waals surface area (Å²) >= 11 is 7.46. The summed E-state index contributed by atoms with van der Waals surface area (Å²) in [6, 6.07) is 15.1. The second-order valence-corrected chi connectivity index (χ2v) is 7.28. The number of imidazole rings is 1. The maximum atomic E-state index is 12.5. The van der Waals surface area contributed by atoms with Crippen LogP contribution in [0.3, 0.4) is 0 Å². The molecule has 0 saturated carbocycles. The fourth-order valence-corrected chi connectivity index (χ4v) is 3.60. The number of hydrogen-bond acceptors (Lipinski definition) is 3. The third-order valence-electron chi connectivity index (χ3n) is 4.15. The number of aromatic nitrogens is 2. The molecule has 2 aromatic heterocycles. The van der Waals surface area contributed by atoms with Crippen molar-refractivity contribution < 1.29 is 4.79 Å². The predicted octanol–water partition coefficient (Wildman–Crippen LogP) is 5.92. The van der Waals surface area contributed by atoms with Crippen molar-refractivity contribution in [3.63, 3.8) is 0 Å². The summed E-state index contributed by atoms with van der Waals surface area (Å²) in [5, 5.41) is 2.60. The van der Waals surface area contributed by atoms with Gasteiger partial charge in [-0.1, -0.05) is 41.4 Å². The fraction of sp³-hybridized carbons (Fsp3) is 0.0476. The van der Waals surface area contributed by atoms with E-state index in [1.54, 1.807) is 41.7 Å². The number of fused-ring (bicyclic) bond motifs is 1. The summed E-state index contributed by atoms with van der Waals surface area (Å²) in [5.41, 5.74) is 4.60. The average Bonchev–Trinajstić information content (AvgIpc) is 3.22. The number of halogens is 1. The molecule has 5 heteroatoms. The second-order valence-electron chi connectivity index (χ2n) is 5.97. The number of benzene rings is 2. The number of rotatable bonds is 4. The van der Waals surface area contributed by atoms with E-state index in [9.17, 15) is 4.79 Å². The van der Waals surface area contributed by atoms with Crippen LogP contribution in [0.2, 0.25) is 5.02 Å². The first kappa shape index (κ1) is 16.8. The van der Waals surface area contributed by atoms with Crippen LogP contribution >= 0.6 is 22.9 Å². The zero-order valence-corrected chi connectivity index (χ0v) is 15.6. The Morgan fingerprint density at radius 2 is 1.85 bits per heavy atom. The van der Waals surface area contributed by atoms with E-state index in [-0.39, 0.29) is 5.78 Å². The number of carbonyl (C=O) groups is 1. The van der Waals surface area contributed by atoms with Crippen LogP contribution in [0.1, 0.15) is 21.6 Å². The minimum atomic E-state index is -0.0679. The number of ketones is 1. The van der Waals surface area contributed by atoms with Crippen molar-refractivity contribution in [2.24, 2.45) is 0 Å². The zero-order valence-electron chi connectivity index (χ0n) is 14.0. The molecule has 0 saturated heterocycles. The van der Waals surface area contributed by atoms with Gasteiger partial charge in [-0.3, -0.25) is 9.20 Å². The lowest BCUT2D eigenvalue weighted by Crippen LogP contribution is -1.94. The van der Waals surface area contributed by atoms with Crippen LogP contribution in [0, 0.1) is 6.92 Å². The SMILES string of the molecule is Cc1ccc(-c2nc3sccn3c2C=CC(=O)c2ccc(Cl)cc2)cc1. The van der Waals surface area contributed by atoms with Crippen LogP contribution in [0.5, 0.6) is 0 Å². The molecule has 128 valence electrons. The smallest absolute Gasteiger partial charge is 0.194 e. The molecule has 0 aliphatic carbocycles. The van der Waals surface area contributed by atoms with Crippen molar-refractivity contribution in [2.75, 3.05) is 0 Å². The first-order valence-corrected chi connectivity index (χ1v) is 9.38. The maximum absolute atomic E-state index is 12.5. The van der Waals surface area contributed by atoms with Crippen LogP contribution in [-0.2, 0) is 0 Å². The number of nitrogens with zero attached hydrogens (tertiary/aromatic N) is 2. The average molecular weight is 379 g/mol. The lowest BCUT2D eigenvalue weighted by molar-refractivity contribution is 0.104. The first-order valence-electron chi connectivity index (χ1n) is 8.12. The Bertz CT molecular complexity index is 1110. The Morgan fingerprint density at radius 3 is 2.58 bits per heavy atom. The molecule has 0 bridgehead atoms. The van der Waals surface area contributed by atoms with Crippen LogP contribution in [0.25, 0.3) is 22.3 Å². The van der Waals surface area contributed by atoms with Crippen molar-refractivity contribution in [1.29, 1.82) is 0 Å². The van der Waals surface area contributed by atoms with Crippen LogP contribution in [0.4, 0.5) is 0 Å². The lowest BCUT2D eigenvalue weighted by atomic mass is 10.1. The molecule has 0 aliphatic heterocycles. The molecule has 2 heterocycles. The molecule has 0 aliphatic rings. The largest absolute Gasteiger partial charge is 0.290 e. The lowest BCUT2D eigenvalue weighted by Gasteiger charge is -2.01. The van der Waals surface area contributed by atoms with E-state index in [1.807, 2.05) is 22.1 Å². The number of hydrogen-bond donors (Lipinski definition) is 0. The number of carbonyl (C=O) groups excluding carboxylic acids is 1. The normalized spacial score (nSPS) is 11.5. The summed E-state index contributed by atoms with van der Waals surface area (Å²) in [6.45, 7) is 2.06. The Kier molecular flexibility index (Phi) is 4.45. The molecule has 26 heavy (non-hydrogen) atoms. The Hall–Kier alpha value is -2.69. The molecule has 3 nitrogen and oxygen atoms in total. The van der Waals surface area contributed by atoms with Crippen molar-refractivity contribution >= 4 is 39.8 Å². The van der Waals surface area contributed by atoms with Gasteiger partial charge in [0.1, 0.15) is 0 Å². The van der Waals surface area contributed by atoms with E-state index >= 15 is 0 Å². The standard InChI is InChI=1S/C21H15ClN2OS/c1-14-2-4-16(5-3-14)20-18(24-12-13-26-21(24)23-20)10-11-19(25)15-6-8-17(22)9-7-15/h2-13H,1H3. The van der Waals surface area contributed by atoms with E-state index < -0.39 is 0 Å². The molecule has 0 fully saturated rings. The van der Waals surface area contributed by atoms with Gasteiger partial charge in [0.15, 0.2) is 10.7 Å². The molecule has 4 rings (SSSR count). The predicted molar refractivity (Wildman–Crippen MR) is 108 cm³/mol. The van der Waals surface area contributed by atoms with Crippen LogP contribution in [0.15, 0.2) is 66.2 Å². The molecule has 4 aromatic rings. The van der Waals surface area contributed by atoms with E-state index in [0.29, 0.717) is 10.6 Å². The van der Waals surface area contributed by atoms with Gasteiger partial charge in [-0.25, -0.2) is 4.98 Å². The molecular weight excluding hydrogens is 364 g/mol. The third kappa shape index (κ3) is 3.21. The Balaban J connectivity index is 1.74. The summed E-state index contributed by atoms with van der Waals surface area (Å²) in [4.78, 5) is 18.1.